The van der Waals surface area contributed by atoms with Gasteiger partial charge in [0.25, 0.3) is 5.91 Å². The van der Waals surface area contributed by atoms with E-state index in [1.54, 1.807) is 19.5 Å². The molecule has 2 aromatic heterocycles. The van der Waals surface area contributed by atoms with Gasteiger partial charge in [-0.2, -0.15) is 0 Å². The smallest absolute Gasteiger partial charge is 0.254 e. The number of carbonyl (C=O) groups is 1. The number of likely N-dealkylation sites (tertiary alicyclic amines) is 1. The van der Waals surface area contributed by atoms with Crippen LogP contribution in [0.2, 0.25) is 0 Å². The van der Waals surface area contributed by atoms with Gasteiger partial charge in [0.15, 0.2) is 5.82 Å². The van der Waals surface area contributed by atoms with Crippen molar-refractivity contribution in [3.05, 3.63) is 95.8 Å². The third-order valence-electron chi connectivity index (χ3n) is 6.33. The molecule has 1 fully saturated rings. The Bertz CT molecular complexity index is 1300. The van der Waals surface area contributed by atoms with Crippen LogP contribution in [0.1, 0.15) is 46.3 Å². The maximum absolute atomic E-state index is 13.5. The van der Waals surface area contributed by atoms with Gasteiger partial charge in [0.2, 0.25) is 0 Å². The Balaban J connectivity index is 1.37. The summed E-state index contributed by atoms with van der Waals surface area (Å²) in [7, 11) is 1.65. The predicted molar refractivity (Wildman–Crippen MR) is 130 cm³/mol. The molecule has 172 valence electrons. The van der Waals surface area contributed by atoms with E-state index >= 15 is 0 Å². The van der Waals surface area contributed by atoms with E-state index in [0.29, 0.717) is 17.9 Å². The SMILES string of the molecule is COc1ccc(-c2nccc([C@@H]3CCCN3C(=O)c3cccc(Cn4ccnc4C)c3)n2)cc1. The fourth-order valence-electron chi connectivity index (χ4n) is 4.49. The van der Waals surface area contributed by atoms with Gasteiger partial charge in [-0.1, -0.05) is 12.1 Å². The summed E-state index contributed by atoms with van der Waals surface area (Å²) >= 11 is 0. The molecular formula is C27H27N5O2. The second kappa shape index (κ2) is 9.47. The van der Waals surface area contributed by atoms with Crippen molar-refractivity contribution in [1.29, 1.82) is 0 Å². The molecule has 7 heteroatoms. The molecule has 0 N–H and O–H groups in total. The van der Waals surface area contributed by atoms with E-state index in [0.717, 1.165) is 47.8 Å². The van der Waals surface area contributed by atoms with E-state index in [2.05, 4.69) is 14.5 Å². The van der Waals surface area contributed by atoms with Crippen molar-refractivity contribution in [3.8, 4) is 17.1 Å². The molecule has 1 aliphatic heterocycles. The van der Waals surface area contributed by atoms with Crippen LogP contribution in [0, 0.1) is 6.92 Å². The van der Waals surface area contributed by atoms with Crippen molar-refractivity contribution in [2.45, 2.75) is 32.4 Å². The summed E-state index contributed by atoms with van der Waals surface area (Å²) in [5.41, 5.74) is 3.57. The summed E-state index contributed by atoms with van der Waals surface area (Å²) in [6.07, 6.45) is 7.36. The van der Waals surface area contributed by atoms with Crippen LogP contribution in [0.4, 0.5) is 0 Å². The summed E-state index contributed by atoms with van der Waals surface area (Å²) in [4.78, 5) is 29.0. The van der Waals surface area contributed by atoms with E-state index in [-0.39, 0.29) is 11.9 Å². The van der Waals surface area contributed by atoms with Crippen LogP contribution < -0.4 is 4.74 Å². The van der Waals surface area contributed by atoms with Crippen molar-refractivity contribution >= 4 is 5.91 Å². The molecule has 3 heterocycles. The second-order valence-corrected chi connectivity index (χ2v) is 8.49. The average Bonchev–Trinajstić information content (AvgIpc) is 3.53. The lowest BCUT2D eigenvalue weighted by Crippen LogP contribution is -2.31. The highest BCUT2D eigenvalue weighted by Crippen LogP contribution is 2.33. The highest BCUT2D eigenvalue weighted by Gasteiger charge is 2.32. The Morgan fingerprint density at radius 2 is 1.94 bits per heavy atom. The summed E-state index contributed by atoms with van der Waals surface area (Å²) in [6, 6.07) is 17.4. The molecule has 0 saturated carbocycles. The van der Waals surface area contributed by atoms with Gasteiger partial charge in [0, 0.05) is 42.8 Å². The van der Waals surface area contributed by atoms with Crippen molar-refractivity contribution < 1.29 is 9.53 Å². The van der Waals surface area contributed by atoms with Gasteiger partial charge in [-0.15, -0.1) is 0 Å². The molecule has 0 aliphatic carbocycles. The van der Waals surface area contributed by atoms with E-state index < -0.39 is 0 Å². The van der Waals surface area contributed by atoms with Gasteiger partial charge in [0.1, 0.15) is 11.6 Å². The fraction of sp³-hybridized carbons (Fsp3) is 0.259. The number of imidazole rings is 1. The standard InChI is InChI=1S/C27H27N5O2/c1-19-28-14-16-31(19)18-20-5-3-6-22(17-20)27(33)32-15-4-7-25(32)24-12-13-29-26(30-24)21-8-10-23(34-2)11-9-21/h3,5-6,8-14,16-17,25H,4,7,15,18H2,1-2H3/t25-/m0/s1. The number of aryl methyl sites for hydroxylation is 1. The first-order valence-corrected chi connectivity index (χ1v) is 11.5. The van der Waals surface area contributed by atoms with Crippen molar-refractivity contribution in [3.63, 3.8) is 0 Å². The minimum absolute atomic E-state index is 0.0383. The molecular weight excluding hydrogens is 426 g/mol. The molecule has 4 aromatic rings. The van der Waals surface area contributed by atoms with E-state index in [1.807, 2.05) is 72.6 Å². The molecule has 1 atom stereocenters. The third-order valence-corrected chi connectivity index (χ3v) is 6.33. The van der Waals surface area contributed by atoms with Gasteiger partial charge in [-0.05, 0) is 67.8 Å². The zero-order valence-corrected chi connectivity index (χ0v) is 19.4. The first kappa shape index (κ1) is 21.8. The molecule has 0 spiro atoms. The highest BCUT2D eigenvalue weighted by atomic mass is 16.5. The minimum atomic E-state index is -0.0629. The van der Waals surface area contributed by atoms with Crippen LogP contribution in [0.15, 0.2) is 73.2 Å². The quantitative estimate of drug-likeness (QED) is 0.424. The Labute approximate surface area is 199 Å². The molecule has 0 radical (unpaired) electrons. The second-order valence-electron chi connectivity index (χ2n) is 8.49. The van der Waals surface area contributed by atoms with Crippen LogP contribution in [0.25, 0.3) is 11.4 Å². The van der Waals surface area contributed by atoms with Gasteiger partial charge in [-0.3, -0.25) is 4.79 Å². The van der Waals surface area contributed by atoms with Gasteiger partial charge < -0.3 is 14.2 Å². The van der Waals surface area contributed by atoms with E-state index in [4.69, 9.17) is 9.72 Å². The van der Waals surface area contributed by atoms with Crippen LogP contribution in [-0.4, -0.2) is 44.0 Å². The van der Waals surface area contributed by atoms with Crippen LogP contribution in [0.3, 0.4) is 0 Å². The molecule has 0 bridgehead atoms. The van der Waals surface area contributed by atoms with Gasteiger partial charge in [0.05, 0.1) is 18.8 Å². The summed E-state index contributed by atoms with van der Waals surface area (Å²) in [5, 5.41) is 0. The van der Waals surface area contributed by atoms with Gasteiger partial charge >= 0.3 is 0 Å². The lowest BCUT2D eigenvalue weighted by molar-refractivity contribution is 0.0732. The number of aromatic nitrogens is 4. The predicted octanol–water partition coefficient (Wildman–Crippen LogP) is 4.68. The zero-order chi connectivity index (χ0) is 23.5. The summed E-state index contributed by atoms with van der Waals surface area (Å²) < 4.78 is 7.32. The Hall–Kier alpha value is -4.00. The van der Waals surface area contributed by atoms with Crippen molar-refractivity contribution in [2.24, 2.45) is 0 Å². The molecule has 1 amide bonds. The number of hydrogen-bond donors (Lipinski definition) is 0. The lowest BCUT2D eigenvalue weighted by Gasteiger charge is -2.25. The first-order chi connectivity index (χ1) is 16.6. The van der Waals surface area contributed by atoms with E-state index in [1.165, 1.54) is 0 Å². The highest BCUT2D eigenvalue weighted by molar-refractivity contribution is 5.94. The number of amides is 1. The van der Waals surface area contributed by atoms with E-state index in [9.17, 15) is 4.79 Å². The number of benzene rings is 2. The van der Waals surface area contributed by atoms with Crippen molar-refractivity contribution in [2.75, 3.05) is 13.7 Å². The van der Waals surface area contributed by atoms with Gasteiger partial charge in [-0.25, -0.2) is 15.0 Å². The molecule has 5 rings (SSSR count). The number of nitrogens with zero attached hydrogens (tertiary/aromatic N) is 5. The van der Waals surface area contributed by atoms with Crippen LogP contribution >= 0.6 is 0 Å². The number of hydrogen-bond acceptors (Lipinski definition) is 5. The Morgan fingerprint density at radius 3 is 2.71 bits per heavy atom. The van der Waals surface area contributed by atoms with Crippen LogP contribution in [-0.2, 0) is 6.54 Å². The fourth-order valence-corrected chi connectivity index (χ4v) is 4.49. The molecule has 1 saturated heterocycles. The minimum Gasteiger partial charge on any atom is -0.497 e. The largest absolute Gasteiger partial charge is 0.497 e. The Kier molecular flexibility index (Phi) is 6.08. The number of rotatable bonds is 6. The molecule has 0 unspecified atom stereocenters. The number of carbonyl (C=O) groups excluding carboxylic acids is 1. The summed E-state index contributed by atoms with van der Waals surface area (Å²) in [5.74, 6) is 2.43. The molecule has 1 aliphatic rings. The van der Waals surface area contributed by atoms with Crippen LogP contribution in [0.5, 0.6) is 5.75 Å². The number of ether oxygens (including phenoxy) is 1. The maximum Gasteiger partial charge on any atom is 0.254 e. The molecule has 7 nitrogen and oxygen atoms in total. The maximum atomic E-state index is 13.5. The topological polar surface area (TPSA) is 73.1 Å². The average molecular weight is 454 g/mol. The lowest BCUT2D eigenvalue weighted by atomic mass is 10.1. The number of methoxy groups -OCH3 is 1. The monoisotopic (exact) mass is 453 g/mol. The molecule has 2 aromatic carbocycles. The Morgan fingerprint density at radius 1 is 1.09 bits per heavy atom. The first-order valence-electron chi connectivity index (χ1n) is 11.5. The molecule has 34 heavy (non-hydrogen) atoms. The normalized spacial score (nSPS) is 15.5. The van der Waals surface area contributed by atoms with Crippen molar-refractivity contribution in [1.82, 2.24) is 24.4 Å². The summed E-state index contributed by atoms with van der Waals surface area (Å²) in [6.45, 7) is 3.38. The zero-order valence-electron chi connectivity index (χ0n) is 19.4. The third kappa shape index (κ3) is 4.41.